The number of carboxylic acids is 1. The summed E-state index contributed by atoms with van der Waals surface area (Å²) >= 11 is 0. The molecule has 0 spiro atoms. The fourth-order valence-corrected chi connectivity index (χ4v) is 3.03. The molecule has 6 nitrogen and oxygen atoms in total. The van der Waals surface area contributed by atoms with Gasteiger partial charge in [-0.25, -0.2) is 0 Å². The number of allylic oxidation sites excluding steroid dienone is 2. The first-order valence-corrected chi connectivity index (χ1v) is 12.3. The lowest BCUT2D eigenvalue weighted by Gasteiger charge is -1.99. The Morgan fingerprint density at radius 3 is 1.75 bits per heavy atom. The van der Waals surface area contributed by atoms with E-state index in [9.17, 15) is 13.2 Å². The van der Waals surface area contributed by atoms with Crippen LogP contribution in [0.4, 0.5) is 0 Å². The highest BCUT2D eigenvalue weighted by molar-refractivity contribution is 7.86. The van der Waals surface area contributed by atoms with Gasteiger partial charge in [0.05, 0.1) is 12.9 Å². The van der Waals surface area contributed by atoms with Gasteiger partial charge in [0.2, 0.25) is 0 Å². The quantitative estimate of drug-likeness (QED) is 0.183. The minimum absolute atomic E-state index is 0.107. The van der Waals surface area contributed by atoms with Gasteiger partial charge < -0.3 is 10.8 Å². The highest BCUT2D eigenvalue weighted by atomic mass is 32.2. The van der Waals surface area contributed by atoms with Gasteiger partial charge in [0, 0.05) is 13.0 Å². The number of carbonyl (C=O) groups is 1. The second-order valence-corrected chi connectivity index (χ2v) is 8.80. The topological polar surface area (TPSA) is 107 Å². The van der Waals surface area contributed by atoms with Gasteiger partial charge in [-0.05, 0) is 32.1 Å². The summed E-state index contributed by atoms with van der Waals surface area (Å²) in [6.07, 6.45) is 21.2. The van der Waals surface area contributed by atoms with Gasteiger partial charge in [-0.1, -0.05) is 70.4 Å². The van der Waals surface area contributed by atoms with Gasteiger partial charge >= 0.3 is 5.97 Å². The predicted octanol–water partition coefficient (Wildman–Crippen LogP) is 5.03. The second-order valence-electron chi connectivity index (χ2n) is 6.95. The highest BCUT2D eigenvalue weighted by Gasteiger charge is 2.04. The molecule has 0 aliphatic rings. The first kappa shape index (κ1) is 29.3. The summed E-state index contributed by atoms with van der Waals surface area (Å²) in [4.78, 5) is 10.3. The van der Waals surface area contributed by atoms with Gasteiger partial charge in [-0.2, -0.15) is 8.42 Å². The van der Waals surface area contributed by atoms with Crippen molar-refractivity contribution in [2.24, 2.45) is 5.73 Å². The zero-order valence-corrected chi connectivity index (χ0v) is 18.9. The SMILES string of the molecule is CCCCCCCC/C=C\CCCCCCCC(=O)O.COS(=O)(=O)CCN. The summed E-state index contributed by atoms with van der Waals surface area (Å²) in [6.45, 7) is 2.37. The van der Waals surface area contributed by atoms with Crippen LogP contribution in [0, 0.1) is 0 Å². The van der Waals surface area contributed by atoms with Crippen molar-refractivity contribution in [1.29, 1.82) is 0 Å². The number of carboxylic acid groups (broad SMARTS) is 1. The molecule has 0 heterocycles. The minimum Gasteiger partial charge on any atom is -0.481 e. The third kappa shape index (κ3) is 27.3. The fraction of sp³-hybridized carbons (Fsp3) is 0.857. The Hall–Kier alpha value is -0.920. The maximum absolute atomic E-state index is 10.3. The molecule has 0 aromatic heterocycles. The van der Waals surface area contributed by atoms with Crippen LogP contribution >= 0.6 is 0 Å². The molecule has 0 aromatic carbocycles. The third-order valence-electron chi connectivity index (χ3n) is 4.27. The first-order valence-electron chi connectivity index (χ1n) is 10.7. The Bertz CT molecular complexity index is 463. The summed E-state index contributed by atoms with van der Waals surface area (Å²) in [5, 5.41) is 8.51. The minimum atomic E-state index is -3.29. The molecule has 0 unspecified atom stereocenters. The molecule has 0 bridgehead atoms. The lowest BCUT2D eigenvalue weighted by Crippen LogP contribution is -2.16. The van der Waals surface area contributed by atoms with E-state index in [1.807, 2.05) is 0 Å². The summed E-state index contributed by atoms with van der Waals surface area (Å²) in [5.41, 5.74) is 4.93. The van der Waals surface area contributed by atoms with Crippen LogP contribution in [-0.2, 0) is 19.1 Å². The molecule has 0 aromatic rings. The maximum atomic E-state index is 10.3. The zero-order valence-electron chi connectivity index (χ0n) is 18.0. The number of hydrogen-bond acceptors (Lipinski definition) is 5. The number of nitrogens with two attached hydrogens (primary N) is 1. The van der Waals surface area contributed by atoms with Crippen molar-refractivity contribution in [1.82, 2.24) is 0 Å². The van der Waals surface area contributed by atoms with E-state index in [-0.39, 0.29) is 12.3 Å². The fourth-order valence-electron chi connectivity index (χ4n) is 2.57. The van der Waals surface area contributed by atoms with E-state index in [1.54, 1.807) is 0 Å². The summed E-state index contributed by atoms with van der Waals surface area (Å²) in [7, 11) is -2.18. The van der Waals surface area contributed by atoms with Crippen LogP contribution in [0.5, 0.6) is 0 Å². The Morgan fingerprint density at radius 2 is 1.36 bits per heavy atom. The van der Waals surface area contributed by atoms with Crippen LogP contribution in [0.3, 0.4) is 0 Å². The Labute approximate surface area is 173 Å². The van der Waals surface area contributed by atoms with E-state index in [0.717, 1.165) is 20.0 Å². The van der Waals surface area contributed by atoms with Crippen molar-refractivity contribution < 1.29 is 22.5 Å². The molecule has 28 heavy (non-hydrogen) atoms. The zero-order chi connectivity index (χ0) is 21.5. The van der Waals surface area contributed by atoms with Crippen LogP contribution in [0.1, 0.15) is 96.8 Å². The molecular weight excluding hydrogens is 378 g/mol. The van der Waals surface area contributed by atoms with E-state index in [2.05, 4.69) is 23.3 Å². The van der Waals surface area contributed by atoms with E-state index in [0.29, 0.717) is 6.42 Å². The molecule has 0 saturated heterocycles. The van der Waals surface area contributed by atoms with E-state index in [4.69, 9.17) is 10.8 Å². The average molecular weight is 422 g/mol. The Balaban J connectivity index is 0. The van der Waals surface area contributed by atoms with Crippen molar-refractivity contribution in [3.8, 4) is 0 Å². The smallest absolute Gasteiger partial charge is 0.303 e. The van der Waals surface area contributed by atoms with Gasteiger partial charge in [-0.3, -0.25) is 8.98 Å². The van der Waals surface area contributed by atoms with Gasteiger partial charge in [0.15, 0.2) is 0 Å². The maximum Gasteiger partial charge on any atom is 0.303 e. The summed E-state index contributed by atoms with van der Waals surface area (Å²) in [6, 6.07) is 0. The highest BCUT2D eigenvalue weighted by Crippen LogP contribution is 2.09. The van der Waals surface area contributed by atoms with E-state index < -0.39 is 16.1 Å². The number of aliphatic carboxylic acids is 1. The van der Waals surface area contributed by atoms with E-state index in [1.165, 1.54) is 70.6 Å². The van der Waals surface area contributed by atoms with Crippen molar-refractivity contribution in [3.63, 3.8) is 0 Å². The van der Waals surface area contributed by atoms with Crippen LogP contribution < -0.4 is 5.73 Å². The Kier molecular flexibility index (Phi) is 23.4. The molecular formula is C21H43NO5S. The molecule has 0 atom stereocenters. The molecule has 0 aliphatic heterocycles. The monoisotopic (exact) mass is 421 g/mol. The standard InChI is InChI=1S/C18H34O2.C3H9NO3S/c1-2-3-4-5-6-7-8-9-10-11-12-13-14-15-16-17-18(19)20;1-7-8(5,6)3-2-4/h9-10H,2-8,11-17H2,1H3,(H,19,20);2-4H2,1H3/b10-9-;. The summed E-state index contributed by atoms with van der Waals surface area (Å²) in [5.74, 6) is -0.772. The van der Waals surface area contributed by atoms with E-state index >= 15 is 0 Å². The van der Waals surface area contributed by atoms with Crippen LogP contribution in [-0.4, -0.2) is 38.9 Å². The third-order valence-corrected chi connectivity index (χ3v) is 5.52. The second kappa shape index (κ2) is 22.4. The Morgan fingerprint density at radius 1 is 0.893 bits per heavy atom. The van der Waals surface area contributed by atoms with Gasteiger partial charge in [0.25, 0.3) is 10.1 Å². The van der Waals surface area contributed by atoms with Crippen LogP contribution in [0.25, 0.3) is 0 Å². The molecule has 0 rings (SSSR count). The molecule has 3 N–H and O–H groups in total. The number of rotatable bonds is 18. The van der Waals surface area contributed by atoms with Gasteiger partial charge in [0.1, 0.15) is 0 Å². The molecule has 0 radical (unpaired) electrons. The number of hydrogen-bond donors (Lipinski definition) is 2. The van der Waals surface area contributed by atoms with Gasteiger partial charge in [-0.15, -0.1) is 0 Å². The van der Waals surface area contributed by atoms with Crippen molar-refractivity contribution in [2.45, 2.75) is 96.8 Å². The summed E-state index contributed by atoms with van der Waals surface area (Å²) < 4.78 is 24.7. The largest absolute Gasteiger partial charge is 0.481 e. The van der Waals surface area contributed by atoms with Crippen LogP contribution in [0.15, 0.2) is 12.2 Å². The first-order chi connectivity index (χ1) is 13.4. The normalized spacial score (nSPS) is 11.4. The molecule has 0 fully saturated rings. The molecule has 0 saturated carbocycles. The van der Waals surface area contributed by atoms with Crippen molar-refractivity contribution in [3.05, 3.63) is 12.2 Å². The van der Waals surface area contributed by atoms with Crippen molar-refractivity contribution in [2.75, 3.05) is 19.4 Å². The average Bonchev–Trinajstić information content (AvgIpc) is 2.65. The molecule has 7 heteroatoms. The predicted molar refractivity (Wildman–Crippen MR) is 117 cm³/mol. The lowest BCUT2D eigenvalue weighted by atomic mass is 10.1. The van der Waals surface area contributed by atoms with Crippen molar-refractivity contribution >= 4 is 16.1 Å². The molecule has 0 amide bonds. The molecule has 168 valence electrons. The van der Waals surface area contributed by atoms with Crippen LogP contribution in [0.2, 0.25) is 0 Å². The lowest BCUT2D eigenvalue weighted by molar-refractivity contribution is -0.137. The number of unbranched alkanes of at least 4 members (excludes halogenated alkanes) is 11. The molecule has 0 aliphatic carbocycles.